The molecule has 0 aromatic rings. The molecule has 2 aliphatic heterocycles. The number of nitrogens with one attached hydrogen (secondary N) is 1. The summed E-state index contributed by atoms with van der Waals surface area (Å²) in [5.41, 5.74) is 0. The van der Waals surface area contributed by atoms with Crippen molar-refractivity contribution in [2.24, 2.45) is 0 Å². The average molecular weight is 330 g/mol. The SMILES string of the molecule is O=C(CNCC1CCCO1)N1CCCCCC1.O=C(O)C(=O)O. The number of hydrogen-bond donors (Lipinski definition) is 3. The first-order chi connectivity index (χ1) is 11.0. The number of carboxylic acids is 2. The maximum Gasteiger partial charge on any atom is 0.414 e. The van der Waals surface area contributed by atoms with Crippen LogP contribution in [0.4, 0.5) is 0 Å². The second-order valence-corrected chi connectivity index (χ2v) is 5.67. The van der Waals surface area contributed by atoms with Gasteiger partial charge >= 0.3 is 11.9 Å². The van der Waals surface area contributed by atoms with Gasteiger partial charge in [0.05, 0.1) is 12.6 Å². The van der Waals surface area contributed by atoms with E-state index < -0.39 is 11.9 Å². The lowest BCUT2D eigenvalue weighted by Crippen LogP contribution is -2.40. The molecule has 2 aliphatic rings. The summed E-state index contributed by atoms with van der Waals surface area (Å²) in [4.78, 5) is 32.2. The standard InChI is InChI=1S/C13H24N2O2.C2H2O4/c16-13(15-7-3-1-2-4-8-15)11-14-10-12-6-5-9-17-12;3-1(4)2(5)6/h12,14H,1-11H2;(H,3,4)(H,5,6). The van der Waals surface area contributed by atoms with Gasteiger partial charge in [-0.05, 0) is 25.7 Å². The van der Waals surface area contributed by atoms with Gasteiger partial charge in [0.25, 0.3) is 0 Å². The maximum atomic E-state index is 11.9. The number of nitrogens with zero attached hydrogens (tertiary/aromatic N) is 1. The van der Waals surface area contributed by atoms with Gasteiger partial charge in [0.1, 0.15) is 0 Å². The number of aliphatic carboxylic acids is 2. The Labute approximate surface area is 135 Å². The van der Waals surface area contributed by atoms with Crippen LogP contribution in [0, 0.1) is 0 Å². The van der Waals surface area contributed by atoms with Crippen molar-refractivity contribution < 1.29 is 29.3 Å². The fraction of sp³-hybridized carbons (Fsp3) is 0.800. The minimum absolute atomic E-state index is 0.255. The van der Waals surface area contributed by atoms with Crippen molar-refractivity contribution in [3.05, 3.63) is 0 Å². The van der Waals surface area contributed by atoms with E-state index in [4.69, 9.17) is 24.5 Å². The molecule has 2 fully saturated rings. The van der Waals surface area contributed by atoms with Crippen LogP contribution in [-0.2, 0) is 19.1 Å². The summed E-state index contributed by atoms with van der Waals surface area (Å²) in [6, 6.07) is 0. The molecular weight excluding hydrogens is 304 g/mol. The molecule has 0 bridgehead atoms. The minimum Gasteiger partial charge on any atom is -0.473 e. The van der Waals surface area contributed by atoms with Crippen LogP contribution in [0.2, 0.25) is 0 Å². The number of carboxylic acid groups (broad SMARTS) is 2. The van der Waals surface area contributed by atoms with Crippen LogP contribution in [0.1, 0.15) is 38.5 Å². The van der Waals surface area contributed by atoms with E-state index >= 15 is 0 Å². The molecule has 0 aromatic heterocycles. The molecule has 1 unspecified atom stereocenters. The monoisotopic (exact) mass is 330 g/mol. The first-order valence-electron chi connectivity index (χ1n) is 8.07. The predicted octanol–water partition coefficient (Wildman–Crippen LogP) is 0.313. The fourth-order valence-corrected chi connectivity index (χ4v) is 2.58. The van der Waals surface area contributed by atoms with Gasteiger partial charge in [0.2, 0.25) is 5.91 Å². The van der Waals surface area contributed by atoms with Gasteiger partial charge in [0.15, 0.2) is 0 Å². The quantitative estimate of drug-likeness (QED) is 0.635. The summed E-state index contributed by atoms with van der Waals surface area (Å²) < 4.78 is 5.51. The van der Waals surface area contributed by atoms with Gasteiger partial charge in [-0.2, -0.15) is 0 Å². The highest BCUT2D eigenvalue weighted by Gasteiger charge is 2.17. The highest BCUT2D eigenvalue weighted by atomic mass is 16.5. The van der Waals surface area contributed by atoms with Crippen molar-refractivity contribution in [3.8, 4) is 0 Å². The van der Waals surface area contributed by atoms with Crippen molar-refractivity contribution in [1.82, 2.24) is 10.2 Å². The number of likely N-dealkylation sites (tertiary alicyclic amines) is 1. The molecule has 2 rings (SSSR count). The first kappa shape index (κ1) is 19.4. The van der Waals surface area contributed by atoms with Gasteiger partial charge in [0, 0.05) is 26.2 Å². The molecule has 0 radical (unpaired) electrons. The summed E-state index contributed by atoms with van der Waals surface area (Å²) in [6.07, 6.45) is 7.49. The van der Waals surface area contributed by atoms with Crippen LogP contribution in [0.25, 0.3) is 0 Å². The van der Waals surface area contributed by atoms with E-state index in [2.05, 4.69) is 5.32 Å². The second-order valence-electron chi connectivity index (χ2n) is 5.67. The molecule has 0 aromatic carbocycles. The Kier molecular flexibility index (Phi) is 9.23. The summed E-state index contributed by atoms with van der Waals surface area (Å²) in [7, 11) is 0. The van der Waals surface area contributed by atoms with E-state index in [1.54, 1.807) is 0 Å². The van der Waals surface area contributed by atoms with E-state index in [-0.39, 0.29) is 5.91 Å². The summed E-state index contributed by atoms with van der Waals surface area (Å²) in [6.45, 7) is 4.06. The molecule has 2 heterocycles. The molecule has 8 nitrogen and oxygen atoms in total. The lowest BCUT2D eigenvalue weighted by atomic mass is 10.2. The van der Waals surface area contributed by atoms with Crippen molar-refractivity contribution in [2.75, 3.05) is 32.8 Å². The number of amides is 1. The van der Waals surface area contributed by atoms with Crippen LogP contribution < -0.4 is 5.32 Å². The van der Waals surface area contributed by atoms with E-state index in [9.17, 15) is 4.79 Å². The number of hydrogen-bond acceptors (Lipinski definition) is 5. The Morgan fingerprint density at radius 2 is 1.61 bits per heavy atom. The van der Waals surface area contributed by atoms with Crippen molar-refractivity contribution in [2.45, 2.75) is 44.6 Å². The van der Waals surface area contributed by atoms with Gasteiger partial charge in [-0.25, -0.2) is 9.59 Å². The summed E-state index contributed by atoms with van der Waals surface area (Å²) in [5, 5.41) is 18.0. The third-order valence-electron chi connectivity index (χ3n) is 3.81. The molecule has 3 N–H and O–H groups in total. The molecule has 1 amide bonds. The number of ether oxygens (including phenoxy) is 1. The molecule has 0 spiro atoms. The van der Waals surface area contributed by atoms with E-state index in [0.29, 0.717) is 12.6 Å². The zero-order valence-corrected chi connectivity index (χ0v) is 13.3. The molecule has 1 atom stereocenters. The van der Waals surface area contributed by atoms with Crippen LogP contribution in [0.3, 0.4) is 0 Å². The third kappa shape index (κ3) is 8.51. The predicted molar refractivity (Wildman–Crippen MR) is 82.2 cm³/mol. The number of carbonyl (C=O) groups excluding carboxylic acids is 1. The Morgan fingerprint density at radius 1 is 1.00 bits per heavy atom. The van der Waals surface area contributed by atoms with Crippen LogP contribution in [-0.4, -0.2) is 71.8 Å². The molecule has 2 saturated heterocycles. The number of rotatable bonds is 4. The van der Waals surface area contributed by atoms with Crippen LogP contribution >= 0.6 is 0 Å². The highest BCUT2D eigenvalue weighted by molar-refractivity contribution is 6.27. The topological polar surface area (TPSA) is 116 Å². The van der Waals surface area contributed by atoms with Gasteiger partial charge in [-0.1, -0.05) is 12.8 Å². The van der Waals surface area contributed by atoms with E-state index in [0.717, 1.165) is 51.9 Å². The summed E-state index contributed by atoms with van der Waals surface area (Å²) in [5.74, 6) is -3.39. The Bertz CT molecular complexity index is 375. The molecule has 132 valence electrons. The largest absolute Gasteiger partial charge is 0.473 e. The smallest absolute Gasteiger partial charge is 0.414 e. The molecular formula is C15H26N2O6. The fourth-order valence-electron chi connectivity index (χ4n) is 2.58. The van der Waals surface area contributed by atoms with Crippen molar-refractivity contribution >= 4 is 17.8 Å². The normalized spacial score (nSPS) is 21.0. The Morgan fingerprint density at radius 3 is 2.09 bits per heavy atom. The van der Waals surface area contributed by atoms with Gasteiger partial charge in [-0.15, -0.1) is 0 Å². The molecule has 0 saturated carbocycles. The maximum absolute atomic E-state index is 11.9. The van der Waals surface area contributed by atoms with E-state index in [1.807, 2.05) is 4.90 Å². The highest BCUT2D eigenvalue weighted by Crippen LogP contribution is 2.11. The third-order valence-corrected chi connectivity index (χ3v) is 3.81. The van der Waals surface area contributed by atoms with Crippen LogP contribution in [0.15, 0.2) is 0 Å². The van der Waals surface area contributed by atoms with Crippen molar-refractivity contribution in [1.29, 1.82) is 0 Å². The molecule has 23 heavy (non-hydrogen) atoms. The lowest BCUT2D eigenvalue weighted by Gasteiger charge is -2.21. The minimum atomic E-state index is -1.82. The molecule has 8 heteroatoms. The first-order valence-corrected chi connectivity index (χ1v) is 8.07. The number of carbonyl (C=O) groups is 3. The second kappa shape index (κ2) is 11.0. The zero-order chi connectivity index (χ0) is 17.1. The Hall–Kier alpha value is -1.67. The lowest BCUT2D eigenvalue weighted by molar-refractivity contribution is -0.159. The zero-order valence-electron chi connectivity index (χ0n) is 13.3. The van der Waals surface area contributed by atoms with Gasteiger partial charge < -0.3 is 25.2 Å². The van der Waals surface area contributed by atoms with Crippen LogP contribution in [0.5, 0.6) is 0 Å². The Balaban J connectivity index is 0.000000379. The summed E-state index contributed by atoms with van der Waals surface area (Å²) >= 11 is 0. The molecule has 0 aliphatic carbocycles. The van der Waals surface area contributed by atoms with E-state index in [1.165, 1.54) is 12.8 Å². The van der Waals surface area contributed by atoms with Gasteiger partial charge in [-0.3, -0.25) is 4.79 Å². The van der Waals surface area contributed by atoms with Crippen molar-refractivity contribution in [3.63, 3.8) is 0 Å². The average Bonchev–Trinajstić information content (AvgIpc) is 2.87.